The minimum atomic E-state index is 0.614. The highest BCUT2D eigenvalue weighted by Gasteiger charge is 2.34. The summed E-state index contributed by atoms with van der Waals surface area (Å²) in [5.41, 5.74) is 1.25. The fraction of sp³-hybridized carbons (Fsp3) is 0.412. The van der Waals surface area contributed by atoms with Gasteiger partial charge in [-0.2, -0.15) is 0 Å². The Labute approximate surface area is 128 Å². The zero-order valence-corrected chi connectivity index (χ0v) is 13.1. The smallest absolute Gasteiger partial charge is 0.0400 e. The van der Waals surface area contributed by atoms with E-state index in [1.807, 2.05) is 0 Å². The first-order valence-electron chi connectivity index (χ1n) is 7.48. The van der Waals surface area contributed by atoms with Crippen molar-refractivity contribution in [1.29, 1.82) is 0 Å². The third-order valence-electron chi connectivity index (χ3n) is 4.46. The molecule has 1 unspecified atom stereocenters. The van der Waals surface area contributed by atoms with Gasteiger partial charge in [0.05, 0.1) is 0 Å². The molecule has 0 bridgehead atoms. The molecule has 1 heterocycles. The Hall–Kier alpha value is -1.06. The van der Waals surface area contributed by atoms with Gasteiger partial charge in [-0.15, -0.1) is 0 Å². The summed E-state index contributed by atoms with van der Waals surface area (Å²) in [6.45, 7) is 2.48. The average Bonchev–Trinajstić information content (AvgIpc) is 3.20. The summed E-state index contributed by atoms with van der Waals surface area (Å²) in [4.78, 5) is 2.65. The summed E-state index contributed by atoms with van der Waals surface area (Å²) in [6, 6.07) is 14.6. The fourth-order valence-corrected chi connectivity index (χ4v) is 3.60. The number of nitrogens with one attached hydrogen (secondary N) is 1. The van der Waals surface area contributed by atoms with Crippen molar-refractivity contribution in [2.75, 3.05) is 18.4 Å². The number of rotatable bonds is 3. The van der Waals surface area contributed by atoms with Crippen LogP contribution in [0.1, 0.15) is 19.3 Å². The van der Waals surface area contributed by atoms with Crippen molar-refractivity contribution >= 4 is 32.4 Å². The zero-order valence-electron chi connectivity index (χ0n) is 11.5. The van der Waals surface area contributed by atoms with E-state index < -0.39 is 0 Å². The average molecular weight is 331 g/mol. The molecule has 2 aromatic rings. The molecule has 0 aromatic heterocycles. The van der Waals surface area contributed by atoms with Crippen LogP contribution in [0.4, 0.5) is 5.69 Å². The Bertz CT molecular complexity index is 636. The highest BCUT2D eigenvalue weighted by atomic mass is 79.9. The standard InChI is InChI=1S/C17H19BrN2/c18-14-3-1-13-10-15(4-2-12(13)9-14)19-16-7-8-20(11-16)17-5-6-17/h1-4,9-10,16-17,19H,5-8,11H2. The van der Waals surface area contributed by atoms with Gasteiger partial charge in [0.2, 0.25) is 0 Å². The van der Waals surface area contributed by atoms with Crippen LogP contribution in [-0.2, 0) is 0 Å². The van der Waals surface area contributed by atoms with Crippen molar-refractivity contribution in [2.24, 2.45) is 0 Å². The van der Waals surface area contributed by atoms with Crippen molar-refractivity contribution in [3.8, 4) is 0 Å². The predicted molar refractivity (Wildman–Crippen MR) is 88.3 cm³/mol. The Morgan fingerprint density at radius 2 is 1.80 bits per heavy atom. The van der Waals surface area contributed by atoms with Crippen molar-refractivity contribution < 1.29 is 0 Å². The first-order chi connectivity index (χ1) is 9.78. The fourth-order valence-electron chi connectivity index (χ4n) is 3.22. The van der Waals surface area contributed by atoms with Gasteiger partial charge in [-0.05, 0) is 54.3 Å². The van der Waals surface area contributed by atoms with Crippen LogP contribution in [0, 0.1) is 0 Å². The van der Waals surface area contributed by atoms with Gasteiger partial charge < -0.3 is 5.32 Å². The first-order valence-corrected chi connectivity index (χ1v) is 8.27. The summed E-state index contributed by atoms with van der Waals surface area (Å²) in [5.74, 6) is 0. The summed E-state index contributed by atoms with van der Waals surface area (Å²) < 4.78 is 1.14. The summed E-state index contributed by atoms with van der Waals surface area (Å²) in [6.07, 6.45) is 4.10. The maximum absolute atomic E-state index is 3.71. The molecule has 104 valence electrons. The van der Waals surface area contributed by atoms with E-state index in [-0.39, 0.29) is 0 Å². The molecule has 0 radical (unpaired) electrons. The van der Waals surface area contributed by atoms with Crippen LogP contribution in [0.25, 0.3) is 10.8 Å². The van der Waals surface area contributed by atoms with Crippen LogP contribution in [0.3, 0.4) is 0 Å². The lowest BCUT2D eigenvalue weighted by molar-refractivity contribution is 0.326. The van der Waals surface area contributed by atoms with Gasteiger partial charge in [0.15, 0.2) is 0 Å². The molecular formula is C17H19BrN2. The largest absolute Gasteiger partial charge is 0.381 e. The minimum Gasteiger partial charge on any atom is -0.381 e. The second-order valence-corrected chi connectivity index (χ2v) is 6.98. The van der Waals surface area contributed by atoms with Gasteiger partial charge in [-0.1, -0.05) is 28.1 Å². The number of fused-ring (bicyclic) bond motifs is 1. The van der Waals surface area contributed by atoms with Crippen molar-refractivity contribution in [3.05, 3.63) is 40.9 Å². The quantitative estimate of drug-likeness (QED) is 0.904. The molecule has 1 saturated heterocycles. The van der Waals surface area contributed by atoms with E-state index in [0.717, 1.165) is 10.5 Å². The van der Waals surface area contributed by atoms with E-state index in [9.17, 15) is 0 Å². The van der Waals surface area contributed by atoms with Crippen LogP contribution in [0.2, 0.25) is 0 Å². The van der Waals surface area contributed by atoms with Gasteiger partial charge in [-0.25, -0.2) is 0 Å². The van der Waals surface area contributed by atoms with E-state index in [1.54, 1.807) is 0 Å². The number of nitrogens with zero attached hydrogens (tertiary/aromatic N) is 1. The third-order valence-corrected chi connectivity index (χ3v) is 4.95. The molecule has 1 atom stereocenters. The van der Waals surface area contributed by atoms with Gasteiger partial charge in [-0.3, -0.25) is 4.90 Å². The predicted octanol–water partition coefficient (Wildman–Crippen LogP) is 4.25. The molecule has 20 heavy (non-hydrogen) atoms. The molecule has 0 spiro atoms. The number of hydrogen-bond donors (Lipinski definition) is 1. The maximum atomic E-state index is 3.71. The van der Waals surface area contributed by atoms with Gasteiger partial charge in [0.1, 0.15) is 0 Å². The molecule has 0 amide bonds. The molecule has 2 aliphatic rings. The molecule has 2 fully saturated rings. The molecule has 4 rings (SSSR count). The van der Waals surface area contributed by atoms with Gasteiger partial charge in [0, 0.05) is 35.3 Å². The Morgan fingerprint density at radius 1 is 1.00 bits per heavy atom. The molecular weight excluding hydrogens is 312 g/mol. The molecule has 2 aromatic carbocycles. The zero-order chi connectivity index (χ0) is 13.5. The highest BCUT2D eigenvalue weighted by molar-refractivity contribution is 9.10. The monoisotopic (exact) mass is 330 g/mol. The van der Waals surface area contributed by atoms with Crippen molar-refractivity contribution in [2.45, 2.75) is 31.3 Å². The van der Waals surface area contributed by atoms with Crippen LogP contribution in [0.15, 0.2) is 40.9 Å². The number of benzene rings is 2. The molecule has 1 aliphatic carbocycles. The topological polar surface area (TPSA) is 15.3 Å². The first kappa shape index (κ1) is 12.7. The van der Waals surface area contributed by atoms with E-state index in [0.29, 0.717) is 6.04 Å². The van der Waals surface area contributed by atoms with Crippen LogP contribution < -0.4 is 5.32 Å². The number of likely N-dealkylation sites (tertiary alicyclic amines) is 1. The summed E-state index contributed by atoms with van der Waals surface area (Å²) in [7, 11) is 0. The second-order valence-electron chi connectivity index (χ2n) is 6.06. The number of hydrogen-bond acceptors (Lipinski definition) is 2. The molecule has 1 N–H and O–H groups in total. The SMILES string of the molecule is Brc1ccc2cc(NC3CCN(C4CC4)C3)ccc2c1. The van der Waals surface area contributed by atoms with E-state index in [4.69, 9.17) is 0 Å². The normalized spacial score (nSPS) is 23.4. The van der Waals surface area contributed by atoms with Crippen molar-refractivity contribution in [3.63, 3.8) is 0 Å². The number of anilines is 1. The minimum absolute atomic E-state index is 0.614. The van der Waals surface area contributed by atoms with Gasteiger partial charge in [0.25, 0.3) is 0 Å². The lowest BCUT2D eigenvalue weighted by atomic mass is 10.1. The lowest BCUT2D eigenvalue weighted by Crippen LogP contribution is -2.27. The molecule has 3 heteroatoms. The second kappa shape index (κ2) is 5.05. The van der Waals surface area contributed by atoms with Crippen molar-refractivity contribution in [1.82, 2.24) is 4.90 Å². The third kappa shape index (κ3) is 2.57. The molecule has 1 saturated carbocycles. The lowest BCUT2D eigenvalue weighted by Gasteiger charge is -2.17. The Morgan fingerprint density at radius 3 is 2.65 bits per heavy atom. The summed E-state index contributed by atoms with van der Waals surface area (Å²) >= 11 is 3.53. The number of halogens is 1. The molecule has 2 nitrogen and oxygen atoms in total. The van der Waals surface area contributed by atoms with Gasteiger partial charge >= 0.3 is 0 Å². The van der Waals surface area contributed by atoms with E-state index in [2.05, 4.69) is 62.5 Å². The Balaban J connectivity index is 1.49. The molecule has 1 aliphatic heterocycles. The van der Waals surface area contributed by atoms with E-state index in [1.165, 1.54) is 48.8 Å². The summed E-state index contributed by atoms with van der Waals surface area (Å²) in [5, 5.41) is 6.30. The van der Waals surface area contributed by atoms with Crippen LogP contribution >= 0.6 is 15.9 Å². The highest BCUT2D eigenvalue weighted by Crippen LogP contribution is 2.31. The Kier molecular flexibility index (Phi) is 3.20. The van der Waals surface area contributed by atoms with Crippen LogP contribution in [0.5, 0.6) is 0 Å². The maximum Gasteiger partial charge on any atom is 0.0400 e. The van der Waals surface area contributed by atoms with Crippen LogP contribution in [-0.4, -0.2) is 30.1 Å². The van der Waals surface area contributed by atoms with E-state index >= 15 is 0 Å².